The van der Waals surface area contributed by atoms with E-state index in [1.54, 1.807) is 11.5 Å². The van der Waals surface area contributed by atoms with Gasteiger partial charge in [0.1, 0.15) is 36.5 Å². The fraction of sp³-hybridized carbons (Fsp3) is 0.526. The lowest BCUT2D eigenvalue weighted by Crippen LogP contribution is -2.70. The predicted octanol–water partition coefficient (Wildman–Crippen LogP) is 0.245. The van der Waals surface area contributed by atoms with Crippen molar-refractivity contribution in [2.45, 2.75) is 25.3 Å². The van der Waals surface area contributed by atoms with E-state index in [0.717, 1.165) is 24.4 Å². The van der Waals surface area contributed by atoms with Gasteiger partial charge >= 0.3 is 5.97 Å². The van der Waals surface area contributed by atoms with Gasteiger partial charge in [-0.15, -0.1) is 23.1 Å². The number of amides is 2. The van der Waals surface area contributed by atoms with Crippen LogP contribution in [0.3, 0.4) is 0 Å². The molecule has 1 fully saturated rings. The minimum Gasteiger partial charge on any atom is -0.460 e. The quantitative estimate of drug-likeness (QED) is 0.208. The summed E-state index contributed by atoms with van der Waals surface area (Å²) in [6, 6.07) is -0.808. The molecule has 13 heteroatoms. The van der Waals surface area contributed by atoms with Gasteiger partial charge in [0.05, 0.1) is 0 Å². The first kappa shape index (κ1) is 24.0. The molecule has 0 aliphatic carbocycles. The standard InChI is InChI=1S/C19H26N6O5S2/c1-4-24(5-2)7-8-30-18(28)12-6-9-31-17-14(16(27)25(12)17)22-15(26)13(23-29-3)11-10-32-19(20)21-11/h6,10,14,17H,4-5,7-9H2,1-3H3,(H2,20,21)(H,22,26)/b23-13-/t14-,17-/m1/s1. The lowest BCUT2D eigenvalue weighted by molar-refractivity contribution is -0.152. The Labute approximate surface area is 194 Å². The molecule has 0 spiro atoms. The number of hydrogen-bond acceptors (Lipinski definition) is 11. The first-order chi connectivity index (χ1) is 15.4. The van der Waals surface area contributed by atoms with Crippen molar-refractivity contribution in [2.75, 3.05) is 44.8 Å². The van der Waals surface area contributed by atoms with Crippen LogP contribution in [-0.2, 0) is 24.0 Å². The van der Waals surface area contributed by atoms with Crippen molar-refractivity contribution < 1.29 is 24.0 Å². The summed E-state index contributed by atoms with van der Waals surface area (Å²) in [6.07, 6.45) is 1.67. The van der Waals surface area contributed by atoms with Crippen LogP contribution >= 0.6 is 23.1 Å². The summed E-state index contributed by atoms with van der Waals surface area (Å²) in [7, 11) is 1.30. The van der Waals surface area contributed by atoms with E-state index in [-0.39, 0.29) is 28.8 Å². The lowest BCUT2D eigenvalue weighted by Gasteiger charge is -2.48. The van der Waals surface area contributed by atoms with E-state index >= 15 is 0 Å². The summed E-state index contributed by atoms with van der Waals surface area (Å²) in [5.74, 6) is -1.03. The van der Waals surface area contributed by atoms with Crippen molar-refractivity contribution in [1.82, 2.24) is 20.1 Å². The van der Waals surface area contributed by atoms with E-state index in [1.165, 1.54) is 23.8 Å². The average molecular weight is 483 g/mol. The van der Waals surface area contributed by atoms with Gasteiger partial charge in [0.2, 0.25) is 0 Å². The van der Waals surface area contributed by atoms with Gasteiger partial charge in [-0.2, -0.15) is 0 Å². The topological polar surface area (TPSA) is 139 Å². The van der Waals surface area contributed by atoms with E-state index in [0.29, 0.717) is 12.3 Å². The molecule has 0 bridgehead atoms. The van der Waals surface area contributed by atoms with Crippen LogP contribution in [0.4, 0.5) is 5.13 Å². The number of aromatic nitrogens is 1. The maximum absolute atomic E-state index is 12.8. The molecule has 0 radical (unpaired) electrons. The molecule has 0 saturated carbocycles. The zero-order valence-electron chi connectivity index (χ0n) is 18.1. The SMILES string of the molecule is CCN(CC)CCOC(=O)C1=CCS[C@@H]2[C@H](NC(=O)/C(=N\OC)c3csc(N)n3)C(=O)N12. The minimum atomic E-state index is -0.808. The molecule has 0 aromatic carbocycles. The van der Waals surface area contributed by atoms with E-state index in [4.69, 9.17) is 15.3 Å². The van der Waals surface area contributed by atoms with Crippen LogP contribution in [0.25, 0.3) is 0 Å². The van der Waals surface area contributed by atoms with Gasteiger partial charge in [-0.05, 0) is 19.2 Å². The summed E-state index contributed by atoms with van der Waals surface area (Å²) in [4.78, 5) is 50.4. The third kappa shape index (κ3) is 5.05. The van der Waals surface area contributed by atoms with E-state index in [9.17, 15) is 14.4 Å². The van der Waals surface area contributed by atoms with E-state index in [1.807, 2.05) is 13.8 Å². The number of thioether (sulfide) groups is 1. The second kappa shape index (κ2) is 10.8. The number of hydrogen-bond donors (Lipinski definition) is 2. The Morgan fingerprint density at radius 1 is 1.41 bits per heavy atom. The lowest BCUT2D eigenvalue weighted by atomic mass is 10.0. The molecule has 2 aliphatic rings. The Morgan fingerprint density at radius 2 is 2.16 bits per heavy atom. The molecular formula is C19H26N6O5S2. The largest absolute Gasteiger partial charge is 0.460 e. The molecule has 32 heavy (non-hydrogen) atoms. The molecule has 1 aromatic rings. The highest BCUT2D eigenvalue weighted by molar-refractivity contribution is 8.00. The summed E-state index contributed by atoms with van der Waals surface area (Å²) in [5.41, 5.74) is 6.01. The maximum Gasteiger partial charge on any atom is 0.354 e. The average Bonchev–Trinajstić information content (AvgIpc) is 3.23. The summed E-state index contributed by atoms with van der Waals surface area (Å²) >= 11 is 2.60. The van der Waals surface area contributed by atoms with Crippen LogP contribution < -0.4 is 11.1 Å². The number of ether oxygens (including phenoxy) is 1. The molecular weight excluding hydrogens is 456 g/mol. The summed E-state index contributed by atoms with van der Waals surface area (Å²) < 4.78 is 5.37. The Morgan fingerprint density at radius 3 is 2.78 bits per heavy atom. The molecule has 174 valence electrons. The summed E-state index contributed by atoms with van der Waals surface area (Å²) in [5, 5.41) is 7.83. The summed E-state index contributed by atoms with van der Waals surface area (Å²) in [6.45, 7) is 6.67. The van der Waals surface area contributed by atoms with Crippen LogP contribution in [0.15, 0.2) is 22.3 Å². The van der Waals surface area contributed by atoms with E-state index < -0.39 is 29.2 Å². The van der Waals surface area contributed by atoms with Crippen LogP contribution in [0.2, 0.25) is 0 Å². The predicted molar refractivity (Wildman–Crippen MR) is 122 cm³/mol. The van der Waals surface area contributed by atoms with Crippen LogP contribution in [-0.4, -0.2) is 88.8 Å². The van der Waals surface area contributed by atoms with E-state index in [2.05, 4.69) is 20.4 Å². The second-order valence-electron chi connectivity index (χ2n) is 6.83. The maximum atomic E-state index is 12.8. The number of likely N-dealkylation sites (N-methyl/N-ethyl adjacent to an activating group) is 1. The first-order valence-corrected chi connectivity index (χ1v) is 12.0. The van der Waals surface area contributed by atoms with Crippen molar-refractivity contribution in [3.8, 4) is 0 Å². The van der Waals surface area contributed by atoms with Crippen molar-refractivity contribution in [3.05, 3.63) is 22.8 Å². The van der Waals surface area contributed by atoms with Crippen molar-refractivity contribution in [3.63, 3.8) is 0 Å². The van der Waals surface area contributed by atoms with Crippen molar-refractivity contribution >= 4 is 51.7 Å². The number of nitrogen functional groups attached to an aromatic ring is 1. The number of thiazole rings is 1. The highest BCUT2D eigenvalue weighted by atomic mass is 32.2. The molecule has 2 amide bonds. The zero-order chi connectivity index (χ0) is 23.3. The number of esters is 1. The molecule has 2 atom stereocenters. The Kier molecular flexibility index (Phi) is 8.10. The number of nitrogens with zero attached hydrogens (tertiary/aromatic N) is 4. The number of nitrogens with one attached hydrogen (secondary N) is 1. The number of fused-ring (bicyclic) bond motifs is 1. The van der Waals surface area contributed by atoms with Crippen LogP contribution in [0.5, 0.6) is 0 Å². The van der Waals surface area contributed by atoms with Crippen molar-refractivity contribution in [2.24, 2.45) is 5.16 Å². The minimum absolute atomic E-state index is 0.0842. The zero-order valence-corrected chi connectivity index (χ0v) is 19.7. The van der Waals surface area contributed by atoms with Crippen LogP contribution in [0.1, 0.15) is 19.5 Å². The molecule has 0 unspecified atom stereocenters. The van der Waals surface area contributed by atoms with Gasteiger partial charge in [0, 0.05) is 17.7 Å². The Bertz CT molecular complexity index is 929. The third-order valence-corrected chi connectivity index (χ3v) is 6.90. The smallest absolute Gasteiger partial charge is 0.354 e. The molecule has 3 N–H and O–H groups in total. The van der Waals surface area contributed by atoms with Gasteiger partial charge in [-0.25, -0.2) is 9.78 Å². The molecule has 11 nitrogen and oxygen atoms in total. The fourth-order valence-corrected chi connectivity index (χ4v) is 5.05. The Hall–Kier alpha value is -2.64. The molecule has 1 aromatic heterocycles. The number of oxime groups is 1. The number of carbonyl (C=O) groups is 3. The normalized spacial score (nSPS) is 20.4. The van der Waals surface area contributed by atoms with Gasteiger partial charge < -0.3 is 25.5 Å². The van der Waals surface area contributed by atoms with Gasteiger partial charge in [0.25, 0.3) is 11.8 Å². The van der Waals surface area contributed by atoms with Gasteiger partial charge in [-0.3, -0.25) is 14.5 Å². The number of β-lactam (4-membered cyclic amide) rings is 1. The number of anilines is 1. The highest BCUT2D eigenvalue weighted by Crippen LogP contribution is 2.37. The Balaban J connectivity index is 1.62. The number of carbonyl (C=O) groups excluding carboxylic acids is 3. The highest BCUT2D eigenvalue weighted by Gasteiger charge is 2.53. The van der Waals surface area contributed by atoms with Gasteiger partial charge in [-0.1, -0.05) is 19.0 Å². The van der Waals surface area contributed by atoms with Gasteiger partial charge in [0.15, 0.2) is 10.8 Å². The molecule has 3 rings (SSSR count). The number of rotatable bonds is 10. The van der Waals surface area contributed by atoms with Crippen molar-refractivity contribution in [1.29, 1.82) is 0 Å². The third-order valence-electron chi connectivity index (χ3n) is 5.04. The second-order valence-corrected chi connectivity index (χ2v) is 8.87. The monoisotopic (exact) mass is 482 g/mol. The molecule has 2 aliphatic heterocycles. The molecule has 3 heterocycles. The molecule has 1 saturated heterocycles. The fourth-order valence-electron chi connectivity index (χ4n) is 3.31. The van der Waals surface area contributed by atoms with Crippen LogP contribution in [0, 0.1) is 0 Å². The first-order valence-electron chi connectivity index (χ1n) is 10.1. The number of nitrogens with two attached hydrogens (primary N) is 1.